The van der Waals surface area contributed by atoms with E-state index in [2.05, 4.69) is 30.4 Å². The highest BCUT2D eigenvalue weighted by molar-refractivity contribution is 5.55. The number of rotatable bonds is 3. The molecule has 1 N–H and O–H groups in total. The number of aryl methyl sites for hydroxylation is 1. The summed E-state index contributed by atoms with van der Waals surface area (Å²) < 4.78 is 11.8. The van der Waals surface area contributed by atoms with Gasteiger partial charge in [0, 0.05) is 18.8 Å². The van der Waals surface area contributed by atoms with Gasteiger partial charge in [0.15, 0.2) is 0 Å². The van der Waals surface area contributed by atoms with Crippen molar-refractivity contribution in [3.63, 3.8) is 0 Å². The van der Waals surface area contributed by atoms with Gasteiger partial charge in [-0.15, -0.1) is 0 Å². The summed E-state index contributed by atoms with van der Waals surface area (Å²) in [6, 6.07) is 6.37. The van der Waals surface area contributed by atoms with Crippen molar-refractivity contribution in [2.75, 3.05) is 25.1 Å². The molecule has 2 aliphatic rings. The van der Waals surface area contributed by atoms with Gasteiger partial charge < -0.3 is 14.8 Å². The molecule has 2 heterocycles. The van der Waals surface area contributed by atoms with Crippen molar-refractivity contribution in [3.8, 4) is 5.75 Å². The molecule has 1 atom stereocenters. The fraction of sp³-hybridized carbons (Fsp3) is 0.625. The molecular weight excluding hydrogens is 238 g/mol. The van der Waals surface area contributed by atoms with Crippen molar-refractivity contribution in [2.24, 2.45) is 0 Å². The van der Waals surface area contributed by atoms with Gasteiger partial charge in [-0.2, -0.15) is 0 Å². The Morgan fingerprint density at radius 3 is 3.11 bits per heavy atom. The molecule has 2 aliphatic heterocycles. The Hall–Kier alpha value is -1.22. The number of benzene rings is 1. The maximum Gasteiger partial charge on any atom is 0.119 e. The normalized spacial score (nSPS) is 26.4. The number of hydrogen-bond donors (Lipinski definition) is 1. The summed E-state index contributed by atoms with van der Waals surface area (Å²) in [6.07, 6.45) is 5.87. The Bertz CT molecular complexity index is 438. The lowest BCUT2D eigenvalue weighted by Gasteiger charge is -2.33. The fourth-order valence-corrected chi connectivity index (χ4v) is 2.88. The zero-order valence-corrected chi connectivity index (χ0v) is 11.7. The molecule has 0 aliphatic carbocycles. The van der Waals surface area contributed by atoms with E-state index in [1.54, 1.807) is 0 Å². The predicted molar refractivity (Wildman–Crippen MR) is 77.0 cm³/mol. The standard InChI is InChI=1S/C16H23NO2/c1-16(8-2-3-10-19-16)12-18-14-6-7-15-13(11-14)5-4-9-17-15/h6-7,11,17H,2-5,8-10,12H2,1H3. The maximum atomic E-state index is 5.96. The lowest BCUT2D eigenvalue weighted by molar-refractivity contribution is -0.0888. The molecule has 19 heavy (non-hydrogen) atoms. The first-order chi connectivity index (χ1) is 9.25. The van der Waals surface area contributed by atoms with E-state index in [4.69, 9.17) is 9.47 Å². The van der Waals surface area contributed by atoms with Crippen LogP contribution >= 0.6 is 0 Å². The quantitative estimate of drug-likeness (QED) is 0.904. The minimum absolute atomic E-state index is 0.105. The van der Waals surface area contributed by atoms with Crippen LogP contribution in [0.2, 0.25) is 0 Å². The molecule has 3 rings (SSSR count). The molecule has 1 saturated heterocycles. The number of ether oxygens (including phenoxy) is 2. The van der Waals surface area contributed by atoms with Crippen molar-refractivity contribution < 1.29 is 9.47 Å². The highest BCUT2D eigenvalue weighted by Gasteiger charge is 2.28. The summed E-state index contributed by atoms with van der Waals surface area (Å²) in [4.78, 5) is 0. The van der Waals surface area contributed by atoms with Crippen LogP contribution in [0.4, 0.5) is 5.69 Å². The molecule has 0 bridgehead atoms. The molecule has 1 aromatic carbocycles. The van der Waals surface area contributed by atoms with Gasteiger partial charge in [0.2, 0.25) is 0 Å². The Labute approximate surface area is 115 Å². The topological polar surface area (TPSA) is 30.5 Å². The Kier molecular flexibility index (Phi) is 3.65. The number of fused-ring (bicyclic) bond motifs is 1. The van der Waals surface area contributed by atoms with E-state index in [1.165, 1.54) is 30.5 Å². The fourth-order valence-electron chi connectivity index (χ4n) is 2.88. The van der Waals surface area contributed by atoms with Crippen molar-refractivity contribution in [1.82, 2.24) is 0 Å². The van der Waals surface area contributed by atoms with Crippen molar-refractivity contribution >= 4 is 5.69 Å². The van der Waals surface area contributed by atoms with Crippen molar-refractivity contribution in [1.29, 1.82) is 0 Å². The highest BCUT2D eigenvalue weighted by atomic mass is 16.5. The van der Waals surface area contributed by atoms with Crippen LogP contribution in [-0.2, 0) is 11.2 Å². The smallest absolute Gasteiger partial charge is 0.119 e. The third kappa shape index (κ3) is 3.03. The van der Waals surface area contributed by atoms with E-state index in [-0.39, 0.29) is 5.60 Å². The molecule has 0 spiro atoms. The molecule has 0 amide bonds. The first-order valence-electron chi connectivity index (χ1n) is 7.39. The molecule has 0 radical (unpaired) electrons. The van der Waals surface area contributed by atoms with E-state index in [0.717, 1.165) is 31.7 Å². The molecule has 1 aromatic rings. The SMILES string of the molecule is CC1(COc2ccc3c(c2)CCCN3)CCCCO1. The van der Waals surface area contributed by atoms with Gasteiger partial charge in [-0.3, -0.25) is 0 Å². The van der Waals surface area contributed by atoms with E-state index < -0.39 is 0 Å². The van der Waals surface area contributed by atoms with Gasteiger partial charge in [0.25, 0.3) is 0 Å². The summed E-state index contributed by atoms with van der Waals surface area (Å²) in [5, 5.41) is 3.42. The highest BCUT2D eigenvalue weighted by Crippen LogP contribution is 2.29. The lowest BCUT2D eigenvalue weighted by atomic mass is 9.97. The van der Waals surface area contributed by atoms with Gasteiger partial charge in [0.1, 0.15) is 12.4 Å². The molecule has 1 unspecified atom stereocenters. The molecule has 0 aromatic heterocycles. The number of anilines is 1. The van der Waals surface area contributed by atoms with Gasteiger partial charge in [-0.25, -0.2) is 0 Å². The maximum absolute atomic E-state index is 5.96. The third-order valence-electron chi connectivity index (χ3n) is 4.11. The lowest BCUT2D eigenvalue weighted by Crippen LogP contribution is -2.38. The second kappa shape index (κ2) is 5.41. The summed E-state index contributed by atoms with van der Waals surface area (Å²) >= 11 is 0. The third-order valence-corrected chi connectivity index (χ3v) is 4.11. The van der Waals surface area contributed by atoms with Crippen LogP contribution in [0.1, 0.15) is 38.2 Å². The molecular formula is C16H23NO2. The van der Waals surface area contributed by atoms with Crippen LogP contribution < -0.4 is 10.1 Å². The van der Waals surface area contributed by atoms with Crippen LogP contribution in [0.3, 0.4) is 0 Å². The van der Waals surface area contributed by atoms with Gasteiger partial charge in [0.05, 0.1) is 5.60 Å². The summed E-state index contributed by atoms with van der Waals surface area (Å²) in [5.41, 5.74) is 2.53. The first kappa shape index (κ1) is 12.8. The van der Waals surface area contributed by atoms with E-state index >= 15 is 0 Å². The monoisotopic (exact) mass is 261 g/mol. The second-order valence-corrected chi connectivity index (χ2v) is 5.89. The second-order valence-electron chi connectivity index (χ2n) is 5.89. The van der Waals surface area contributed by atoms with Crippen molar-refractivity contribution in [3.05, 3.63) is 23.8 Å². The first-order valence-corrected chi connectivity index (χ1v) is 7.39. The van der Waals surface area contributed by atoms with Crippen LogP contribution in [0.25, 0.3) is 0 Å². The molecule has 3 heteroatoms. The Morgan fingerprint density at radius 2 is 2.26 bits per heavy atom. The molecule has 3 nitrogen and oxygen atoms in total. The van der Waals surface area contributed by atoms with E-state index in [0.29, 0.717) is 6.61 Å². The van der Waals surface area contributed by atoms with Crippen LogP contribution in [0.5, 0.6) is 5.75 Å². The minimum atomic E-state index is -0.105. The van der Waals surface area contributed by atoms with E-state index in [9.17, 15) is 0 Å². The van der Waals surface area contributed by atoms with Gasteiger partial charge in [-0.05, 0) is 62.8 Å². The van der Waals surface area contributed by atoms with Gasteiger partial charge >= 0.3 is 0 Å². The summed E-state index contributed by atoms with van der Waals surface area (Å²) in [7, 11) is 0. The van der Waals surface area contributed by atoms with Gasteiger partial charge in [-0.1, -0.05) is 0 Å². The average Bonchev–Trinajstić information content (AvgIpc) is 2.46. The molecule has 0 saturated carbocycles. The van der Waals surface area contributed by atoms with E-state index in [1.807, 2.05) is 0 Å². The Morgan fingerprint density at radius 1 is 1.32 bits per heavy atom. The minimum Gasteiger partial charge on any atom is -0.491 e. The van der Waals surface area contributed by atoms with Crippen LogP contribution in [0, 0.1) is 0 Å². The zero-order valence-electron chi connectivity index (χ0n) is 11.7. The van der Waals surface area contributed by atoms with Crippen molar-refractivity contribution in [2.45, 2.75) is 44.6 Å². The Balaban J connectivity index is 1.63. The van der Waals surface area contributed by atoms with Crippen LogP contribution in [0.15, 0.2) is 18.2 Å². The summed E-state index contributed by atoms with van der Waals surface area (Å²) in [5.74, 6) is 0.970. The summed E-state index contributed by atoms with van der Waals surface area (Å²) in [6.45, 7) is 4.76. The molecule has 1 fully saturated rings. The number of hydrogen-bond acceptors (Lipinski definition) is 3. The predicted octanol–water partition coefficient (Wildman–Crippen LogP) is 3.38. The average molecular weight is 261 g/mol. The largest absolute Gasteiger partial charge is 0.491 e. The number of nitrogens with one attached hydrogen (secondary N) is 1. The zero-order chi connectivity index (χ0) is 13.1. The van der Waals surface area contributed by atoms with Crippen LogP contribution in [-0.4, -0.2) is 25.4 Å². The molecule has 104 valence electrons.